The highest BCUT2D eigenvalue weighted by atomic mass is 16.5. The number of likely N-dealkylation sites (tertiary alicyclic amines) is 1. The molecule has 0 bridgehead atoms. The van der Waals surface area contributed by atoms with E-state index in [1.54, 1.807) is 13.2 Å². The molecule has 3 heteroatoms. The standard InChI is InChI=1S/C21H23NO2/c1-24-20-12-6-5-10-18(20)13-14-21(23)22-15-7-11-19(16-22)17-8-3-2-4-9-17/h2-6,8-10,12-14,19H,7,11,15-16H2,1H3/b14-13+. The second-order valence-electron chi connectivity index (χ2n) is 6.11. The van der Waals surface area contributed by atoms with Gasteiger partial charge >= 0.3 is 0 Å². The fourth-order valence-corrected chi connectivity index (χ4v) is 3.25. The lowest BCUT2D eigenvalue weighted by Crippen LogP contribution is -2.38. The molecule has 1 aliphatic heterocycles. The molecule has 1 amide bonds. The molecule has 3 rings (SSSR count). The molecule has 1 fully saturated rings. The van der Waals surface area contributed by atoms with E-state index < -0.39 is 0 Å². The van der Waals surface area contributed by atoms with Gasteiger partial charge < -0.3 is 9.64 Å². The molecule has 1 heterocycles. The van der Waals surface area contributed by atoms with Gasteiger partial charge in [0.2, 0.25) is 5.91 Å². The van der Waals surface area contributed by atoms with E-state index in [0.717, 1.165) is 37.2 Å². The van der Waals surface area contributed by atoms with Crippen molar-refractivity contribution in [2.24, 2.45) is 0 Å². The predicted octanol–water partition coefficient (Wildman–Crippen LogP) is 4.11. The average Bonchev–Trinajstić information content (AvgIpc) is 2.67. The molecule has 0 spiro atoms. The van der Waals surface area contributed by atoms with Crippen LogP contribution in [0.5, 0.6) is 5.75 Å². The molecule has 0 saturated carbocycles. The van der Waals surface area contributed by atoms with Crippen LogP contribution in [0.15, 0.2) is 60.7 Å². The van der Waals surface area contributed by atoms with Crippen LogP contribution in [0.3, 0.4) is 0 Å². The zero-order valence-corrected chi connectivity index (χ0v) is 14.0. The van der Waals surface area contributed by atoms with E-state index in [-0.39, 0.29) is 5.91 Å². The number of rotatable bonds is 4. The zero-order chi connectivity index (χ0) is 16.8. The highest BCUT2D eigenvalue weighted by Gasteiger charge is 2.23. The summed E-state index contributed by atoms with van der Waals surface area (Å²) in [7, 11) is 1.64. The Labute approximate surface area is 143 Å². The van der Waals surface area contributed by atoms with Gasteiger partial charge in [0.25, 0.3) is 0 Å². The van der Waals surface area contributed by atoms with Crippen LogP contribution in [0.25, 0.3) is 6.08 Å². The molecule has 0 N–H and O–H groups in total. The van der Waals surface area contributed by atoms with E-state index in [1.807, 2.05) is 41.3 Å². The number of ether oxygens (including phenoxy) is 1. The van der Waals surface area contributed by atoms with Crippen molar-refractivity contribution < 1.29 is 9.53 Å². The number of hydrogen-bond donors (Lipinski definition) is 0. The van der Waals surface area contributed by atoms with Crippen LogP contribution in [0, 0.1) is 0 Å². The Kier molecular flexibility index (Phi) is 5.32. The quantitative estimate of drug-likeness (QED) is 0.793. The van der Waals surface area contributed by atoms with Crippen molar-refractivity contribution >= 4 is 12.0 Å². The molecule has 2 aromatic rings. The number of methoxy groups -OCH3 is 1. The van der Waals surface area contributed by atoms with Gasteiger partial charge in [0, 0.05) is 30.6 Å². The van der Waals surface area contributed by atoms with E-state index in [1.165, 1.54) is 5.56 Å². The molecule has 1 unspecified atom stereocenters. The first-order valence-electron chi connectivity index (χ1n) is 8.43. The summed E-state index contributed by atoms with van der Waals surface area (Å²) in [6.45, 7) is 1.62. The number of amides is 1. The van der Waals surface area contributed by atoms with Gasteiger partial charge in [-0.3, -0.25) is 4.79 Å². The SMILES string of the molecule is COc1ccccc1/C=C/C(=O)N1CCCC(c2ccccc2)C1. The molecule has 2 aromatic carbocycles. The predicted molar refractivity (Wildman–Crippen MR) is 97.0 cm³/mol. The third-order valence-electron chi connectivity index (χ3n) is 4.55. The number of piperidine rings is 1. The Morgan fingerprint density at radius 2 is 1.88 bits per heavy atom. The van der Waals surface area contributed by atoms with E-state index in [0.29, 0.717) is 5.92 Å². The second kappa shape index (κ2) is 7.82. The van der Waals surface area contributed by atoms with Gasteiger partial charge in [0.05, 0.1) is 7.11 Å². The van der Waals surface area contributed by atoms with Crippen LogP contribution in [0.2, 0.25) is 0 Å². The molecule has 0 aromatic heterocycles. The van der Waals surface area contributed by atoms with Gasteiger partial charge in [-0.15, -0.1) is 0 Å². The van der Waals surface area contributed by atoms with E-state index in [4.69, 9.17) is 4.74 Å². The van der Waals surface area contributed by atoms with Crippen LogP contribution in [-0.4, -0.2) is 31.0 Å². The first-order chi connectivity index (χ1) is 11.8. The second-order valence-corrected chi connectivity index (χ2v) is 6.11. The lowest BCUT2D eigenvalue weighted by Gasteiger charge is -2.32. The summed E-state index contributed by atoms with van der Waals surface area (Å²) < 4.78 is 5.32. The van der Waals surface area contributed by atoms with Crippen molar-refractivity contribution in [1.82, 2.24) is 4.90 Å². The van der Waals surface area contributed by atoms with Crippen LogP contribution < -0.4 is 4.74 Å². The summed E-state index contributed by atoms with van der Waals surface area (Å²) in [6, 6.07) is 18.2. The minimum Gasteiger partial charge on any atom is -0.496 e. The summed E-state index contributed by atoms with van der Waals surface area (Å²) in [6.07, 6.45) is 5.69. The van der Waals surface area contributed by atoms with E-state index in [2.05, 4.69) is 24.3 Å². The molecule has 0 aliphatic carbocycles. The average molecular weight is 321 g/mol. The fraction of sp³-hybridized carbons (Fsp3) is 0.286. The maximum atomic E-state index is 12.5. The van der Waals surface area contributed by atoms with Crippen LogP contribution in [0.4, 0.5) is 0 Å². The number of para-hydroxylation sites is 1. The van der Waals surface area contributed by atoms with E-state index >= 15 is 0 Å². The molecule has 24 heavy (non-hydrogen) atoms. The van der Waals surface area contributed by atoms with Crippen LogP contribution in [-0.2, 0) is 4.79 Å². The highest BCUT2D eigenvalue weighted by molar-refractivity contribution is 5.92. The number of carbonyl (C=O) groups is 1. The molecule has 1 aliphatic rings. The van der Waals surface area contributed by atoms with Gasteiger partial charge in [0.15, 0.2) is 0 Å². The normalized spacial score (nSPS) is 17.9. The molecule has 3 nitrogen and oxygen atoms in total. The van der Waals surface area contributed by atoms with Crippen molar-refractivity contribution in [3.05, 3.63) is 71.8 Å². The third kappa shape index (κ3) is 3.85. The van der Waals surface area contributed by atoms with Gasteiger partial charge in [-0.2, -0.15) is 0 Å². The maximum absolute atomic E-state index is 12.5. The molecular formula is C21H23NO2. The topological polar surface area (TPSA) is 29.5 Å². The van der Waals surface area contributed by atoms with Crippen molar-refractivity contribution in [2.75, 3.05) is 20.2 Å². The summed E-state index contributed by atoms with van der Waals surface area (Å²) in [5.74, 6) is 1.28. The first kappa shape index (κ1) is 16.3. The number of hydrogen-bond acceptors (Lipinski definition) is 2. The largest absolute Gasteiger partial charge is 0.496 e. The monoisotopic (exact) mass is 321 g/mol. The molecule has 1 atom stereocenters. The van der Waals surface area contributed by atoms with Gasteiger partial charge in [-0.1, -0.05) is 48.5 Å². The summed E-state index contributed by atoms with van der Waals surface area (Å²) in [5.41, 5.74) is 2.24. The number of carbonyl (C=O) groups excluding carboxylic acids is 1. The Hall–Kier alpha value is -2.55. The van der Waals surface area contributed by atoms with E-state index in [9.17, 15) is 4.79 Å². The highest BCUT2D eigenvalue weighted by Crippen LogP contribution is 2.27. The lowest BCUT2D eigenvalue weighted by molar-refractivity contribution is -0.127. The Bertz CT molecular complexity index is 709. The van der Waals surface area contributed by atoms with Crippen molar-refractivity contribution in [1.29, 1.82) is 0 Å². The van der Waals surface area contributed by atoms with Crippen LogP contribution >= 0.6 is 0 Å². The summed E-state index contributed by atoms with van der Waals surface area (Å²) in [4.78, 5) is 14.5. The number of nitrogens with zero attached hydrogens (tertiary/aromatic N) is 1. The Balaban J connectivity index is 1.67. The number of benzene rings is 2. The minimum atomic E-state index is 0.0709. The minimum absolute atomic E-state index is 0.0709. The van der Waals surface area contributed by atoms with Crippen molar-refractivity contribution in [3.63, 3.8) is 0 Å². The first-order valence-corrected chi connectivity index (χ1v) is 8.43. The fourth-order valence-electron chi connectivity index (χ4n) is 3.25. The van der Waals surface area contributed by atoms with Crippen LogP contribution in [0.1, 0.15) is 29.9 Å². The van der Waals surface area contributed by atoms with Crippen molar-refractivity contribution in [2.45, 2.75) is 18.8 Å². The molecule has 124 valence electrons. The van der Waals surface area contributed by atoms with Gasteiger partial charge in [-0.25, -0.2) is 0 Å². The zero-order valence-electron chi connectivity index (χ0n) is 14.0. The molecular weight excluding hydrogens is 298 g/mol. The lowest BCUT2D eigenvalue weighted by atomic mass is 9.90. The molecule has 1 saturated heterocycles. The Morgan fingerprint density at radius 1 is 1.12 bits per heavy atom. The summed E-state index contributed by atoms with van der Waals surface area (Å²) >= 11 is 0. The maximum Gasteiger partial charge on any atom is 0.246 e. The third-order valence-corrected chi connectivity index (χ3v) is 4.55. The Morgan fingerprint density at radius 3 is 2.67 bits per heavy atom. The van der Waals surface area contributed by atoms with Crippen molar-refractivity contribution in [3.8, 4) is 5.75 Å². The van der Waals surface area contributed by atoms with Gasteiger partial charge in [-0.05, 0) is 30.5 Å². The summed E-state index contributed by atoms with van der Waals surface area (Å²) in [5, 5.41) is 0. The molecule has 0 radical (unpaired) electrons. The van der Waals surface area contributed by atoms with Gasteiger partial charge in [0.1, 0.15) is 5.75 Å². The smallest absolute Gasteiger partial charge is 0.246 e.